The van der Waals surface area contributed by atoms with Gasteiger partial charge in [0.05, 0.1) is 0 Å². The highest BCUT2D eigenvalue weighted by atomic mass is 79.9. The van der Waals surface area contributed by atoms with Gasteiger partial charge in [-0.25, -0.2) is 0 Å². The van der Waals surface area contributed by atoms with E-state index in [2.05, 4.69) is 64.3 Å². The molecular formula is C16H25BrN2. The van der Waals surface area contributed by atoms with Gasteiger partial charge in [-0.15, -0.1) is 0 Å². The van der Waals surface area contributed by atoms with Gasteiger partial charge >= 0.3 is 0 Å². The molecule has 0 radical (unpaired) electrons. The summed E-state index contributed by atoms with van der Waals surface area (Å²) in [6.45, 7) is 9.24. The van der Waals surface area contributed by atoms with Crippen LogP contribution in [0.5, 0.6) is 0 Å². The Balaban J connectivity index is 1.87. The highest BCUT2D eigenvalue weighted by Gasteiger charge is 2.23. The molecule has 19 heavy (non-hydrogen) atoms. The van der Waals surface area contributed by atoms with E-state index >= 15 is 0 Å². The molecule has 1 heterocycles. The maximum Gasteiger partial charge on any atom is 0.0320 e. The van der Waals surface area contributed by atoms with E-state index in [1.807, 2.05) is 0 Å². The van der Waals surface area contributed by atoms with Crippen LogP contribution in [0.4, 0.5) is 0 Å². The molecule has 0 bridgehead atoms. The first-order valence-electron chi connectivity index (χ1n) is 7.41. The van der Waals surface area contributed by atoms with Crippen molar-refractivity contribution >= 4 is 15.9 Å². The van der Waals surface area contributed by atoms with Crippen LogP contribution in [0, 0.1) is 5.92 Å². The number of hydrogen-bond acceptors (Lipinski definition) is 2. The Kier molecular flexibility index (Phi) is 5.86. The zero-order valence-corrected chi connectivity index (χ0v) is 13.6. The zero-order valence-electron chi connectivity index (χ0n) is 12.0. The van der Waals surface area contributed by atoms with E-state index in [9.17, 15) is 0 Å². The molecule has 106 valence electrons. The van der Waals surface area contributed by atoms with Crippen molar-refractivity contribution in [1.29, 1.82) is 0 Å². The van der Waals surface area contributed by atoms with Gasteiger partial charge in [0.25, 0.3) is 0 Å². The van der Waals surface area contributed by atoms with E-state index in [1.54, 1.807) is 0 Å². The molecule has 0 spiro atoms. The van der Waals surface area contributed by atoms with Crippen LogP contribution in [-0.2, 0) is 0 Å². The van der Waals surface area contributed by atoms with E-state index in [4.69, 9.17) is 0 Å². The number of nitrogens with zero attached hydrogens (tertiary/aromatic N) is 1. The standard InChI is InChI=1S/C16H25BrN2/c1-3-18-12-14-7-9-19(10-8-14)13(2)15-5-4-6-16(17)11-15/h4-6,11,13-14,18H,3,7-10,12H2,1-2H3. The van der Waals surface area contributed by atoms with Crippen molar-refractivity contribution in [3.63, 3.8) is 0 Å². The van der Waals surface area contributed by atoms with E-state index in [0.29, 0.717) is 6.04 Å². The number of likely N-dealkylation sites (tertiary alicyclic amines) is 1. The lowest BCUT2D eigenvalue weighted by Crippen LogP contribution is -2.38. The summed E-state index contributed by atoms with van der Waals surface area (Å²) in [6.07, 6.45) is 2.65. The molecule has 1 fully saturated rings. The fraction of sp³-hybridized carbons (Fsp3) is 0.625. The second-order valence-corrected chi connectivity index (χ2v) is 6.43. The summed E-state index contributed by atoms with van der Waals surface area (Å²) < 4.78 is 1.18. The molecule has 1 unspecified atom stereocenters. The van der Waals surface area contributed by atoms with Crippen LogP contribution >= 0.6 is 15.9 Å². The topological polar surface area (TPSA) is 15.3 Å². The number of piperidine rings is 1. The first-order valence-corrected chi connectivity index (χ1v) is 8.20. The van der Waals surface area contributed by atoms with Gasteiger partial charge in [-0.05, 0) is 69.6 Å². The molecule has 1 aromatic rings. The van der Waals surface area contributed by atoms with Gasteiger partial charge in [0.15, 0.2) is 0 Å². The summed E-state index contributed by atoms with van der Waals surface area (Å²) in [5.74, 6) is 0.867. The van der Waals surface area contributed by atoms with Gasteiger partial charge in [-0.2, -0.15) is 0 Å². The molecule has 1 aliphatic rings. The third-order valence-electron chi connectivity index (χ3n) is 4.21. The SMILES string of the molecule is CCNCC1CCN(C(C)c2cccc(Br)c2)CC1. The van der Waals surface area contributed by atoms with E-state index < -0.39 is 0 Å². The van der Waals surface area contributed by atoms with Crippen LogP contribution in [0.3, 0.4) is 0 Å². The van der Waals surface area contributed by atoms with Gasteiger partial charge in [0, 0.05) is 10.5 Å². The smallest absolute Gasteiger partial charge is 0.0320 e. The lowest BCUT2D eigenvalue weighted by atomic mass is 9.94. The van der Waals surface area contributed by atoms with E-state index in [0.717, 1.165) is 12.5 Å². The van der Waals surface area contributed by atoms with Crippen molar-refractivity contribution in [2.24, 2.45) is 5.92 Å². The molecule has 1 saturated heterocycles. The van der Waals surface area contributed by atoms with Crippen molar-refractivity contribution in [3.8, 4) is 0 Å². The zero-order chi connectivity index (χ0) is 13.7. The van der Waals surface area contributed by atoms with Gasteiger partial charge < -0.3 is 5.32 Å². The maximum atomic E-state index is 3.57. The molecule has 0 amide bonds. The first kappa shape index (κ1) is 15.0. The Bertz CT molecular complexity index is 386. The second-order valence-electron chi connectivity index (χ2n) is 5.52. The van der Waals surface area contributed by atoms with Crippen molar-refractivity contribution in [3.05, 3.63) is 34.3 Å². The van der Waals surface area contributed by atoms with Crippen molar-refractivity contribution < 1.29 is 0 Å². The van der Waals surface area contributed by atoms with Crippen LogP contribution < -0.4 is 5.32 Å². The van der Waals surface area contributed by atoms with Crippen LogP contribution in [0.2, 0.25) is 0 Å². The van der Waals surface area contributed by atoms with Crippen LogP contribution in [0.15, 0.2) is 28.7 Å². The lowest BCUT2D eigenvalue weighted by Gasteiger charge is -2.36. The molecule has 0 saturated carbocycles. The van der Waals surface area contributed by atoms with E-state index in [-0.39, 0.29) is 0 Å². The molecule has 0 aliphatic carbocycles. The number of rotatable bonds is 5. The lowest BCUT2D eigenvalue weighted by molar-refractivity contribution is 0.140. The molecule has 1 N–H and O–H groups in total. The predicted molar refractivity (Wildman–Crippen MR) is 85.4 cm³/mol. The van der Waals surface area contributed by atoms with Gasteiger partial charge in [-0.1, -0.05) is 35.0 Å². The molecule has 3 heteroatoms. The maximum absolute atomic E-state index is 3.57. The summed E-state index contributed by atoms with van der Waals surface area (Å²) in [5.41, 5.74) is 1.42. The normalized spacial score (nSPS) is 19.5. The quantitative estimate of drug-likeness (QED) is 0.885. The van der Waals surface area contributed by atoms with Crippen LogP contribution in [-0.4, -0.2) is 31.1 Å². The van der Waals surface area contributed by atoms with Crippen molar-refractivity contribution in [2.75, 3.05) is 26.2 Å². The highest BCUT2D eigenvalue weighted by molar-refractivity contribution is 9.10. The summed E-state index contributed by atoms with van der Waals surface area (Å²) in [4.78, 5) is 2.62. The summed E-state index contributed by atoms with van der Waals surface area (Å²) in [6, 6.07) is 9.24. The van der Waals surface area contributed by atoms with Crippen molar-refractivity contribution in [1.82, 2.24) is 10.2 Å². The number of hydrogen-bond donors (Lipinski definition) is 1. The Morgan fingerprint density at radius 2 is 2.11 bits per heavy atom. The monoisotopic (exact) mass is 324 g/mol. The molecular weight excluding hydrogens is 300 g/mol. The molecule has 1 aliphatic heterocycles. The largest absolute Gasteiger partial charge is 0.317 e. The Hall–Kier alpha value is -0.380. The third kappa shape index (κ3) is 4.30. The highest BCUT2D eigenvalue weighted by Crippen LogP contribution is 2.27. The van der Waals surface area contributed by atoms with Crippen molar-refractivity contribution in [2.45, 2.75) is 32.7 Å². The minimum Gasteiger partial charge on any atom is -0.317 e. The minimum atomic E-state index is 0.526. The number of benzene rings is 1. The molecule has 2 rings (SSSR count). The van der Waals surface area contributed by atoms with Gasteiger partial charge in [0.1, 0.15) is 0 Å². The Morgan fingerprint density at radius 1 is 1.37 bits per heavy atom. The molecule has 2 nitrogen and oxygen atoms in total. The average Bonchev–Trinajstić information content (AvgIpc) is 2.45. The van der Waals surface area contributed by atoms with Crippen LogP contribution in [0.25, 0.3) is 0 Å². The number of nitrogens with one attached hydrogen (secondary N) is 1. The summed E-state index contributed by atoms with van der Waals surface area (Å²) >= 11 is 3.57. The Morgan fingerprint density at radius 3 is 2.74 bits per heavy atom. The fourth-order valence-electron chi connectivity index (χ4n) is 2.87. The third-order valence-corrected chi connectivity index (χ3v) is 4.70. The van der Waals surface area contributed by atoms with Gasteiger partial charge in [-0.3, -0.25) is 4.90 Å². The average molecular weight is 325 g/mol. The predicted octanol–water partition coefficient (Wildman–Crippen LogP) is 3.83. The summed E-state index contributed by atoms with van der Waals surface area (Å²) in [7, 11) is 0. The summed E-state index contributed by atoms with van der Waals surface area (Å²) in [5, 5.41) is 3.48. The molecule has 1 atom stereocenters. The fourth-order valence-corrected chi connectivity index (χ4v) is 3.29. The van der Waals surface area contributed by atoms with E-state index in [1.165, 1.54) is 42.5 Å². The molecule has 0 aromatic heterocycles. The Labute approximate surface area is 125 Å². The molecule has 1 aromatic carbocycles. The van der Waals surface area contributed by atoms with Gasteiger partial charge in [0.2, 0.25) is 0 Å². The number of halogens is 1. The minimum absolute atomic E-state index is 0.526. The first-order chi connectivity index (χ1) is 9.20. The van der Waals surface area contributed by atoms with Crippen LogP contribution in [0.1, 0.15) is 38.3 Å². The second kappa shape index (κ2) is 7.41.